The molecule has 434 valence electrons. The predicted octanol–water partition coefficient (Wildman–Crippen LogP) is 16.3. The number of nitrogens with zero attached hydrogens (tertiary/aromatic N) is 4. The molecule has 10 aromatic rings. The van der Waals surface area contributed by atoms with E-state index in [9.17, 15) is 9.59 Å². The van der Waals surface area contributed by atoms with Gasteiger partial charge in [0.2, 0.25) is 0 Å². The van der Waals surface area contributed by atoms with Gasteiger partial charge in [0.05, 0.1) is 65.5 Å². The summed E-state index contributed by atoms with van der Waals surface area (Å²) < 4.78 is 29.9. The molecule has 1 amide bonds. The summed E-state index contributed by atoms with van der Waals surface area (Å²) in [4.78, 5) is 47.5. The summed E-state index contributed by atoms with van der Waals surface area (Å²) in [5.41, 5.74) is 12.9. The van der Waals surface area contributed by atoms with Gasteiger partial charge in [0.15, 0.2) is 5.78 Å². The summed E-state index contributed by atoms with van der Waals surface area (Å²) in [6, 6.07) is 39.7. The number of aryl methyl sites for hydroxylation is 2. The summed E-state index contributed by atoms with van der Waals surface area (Å²) in [6.45, 7) is 16.2. The van der Waals surface area contributed by atoms with Gasteiger partial charge in [-0.15, -0.1) is 0 Å². The molecule has 0 unspecified atom stereocenters. The number of rotatable bonds is 10. The Morgan fingerprint density at radius 2 is 1.02 bits per heavy atom. The third-order valence-corrected chi connectivity index (χ3v) is 19.4. The monoisotopic (exact) mass is 1130 g/mol. The summed E-state index contributed by atoms with van der Waals surface area (Å²) >= 11 is 0. The van der Waals surface area contributed by atoms with Crippen LogP contribution in [0.1, 0.15) is 147 Å². The van der Waals surface area contributed by atoms with Crippen LogP contribution in [0.5, 0.6) is 28.7 Å². The van der Waals surface area contributed by atoms with Crippen molar-refractivity contribution in [2.45, 2.75) is 129 Å². The van der Waals surface area contributed by atoms with Crippen LogP contribution in [0.2, 0.25) is 0 Å². The molecule has 0 bridgehead atoms. The zero-order valence-electron chi connectivity index (χ0n) is 50.5. The van der Waals surface area contributed by atoms with Gasteiger partial charge in [-0.05, 0) is 162 Å². The molecule has 2 aliphatic heterocycles. The van der Waals surface area contributed by atoms with Crippen LogP contribution >= 0.6 is 0 Å². The van der Waals surface area contributed by atoms with E-state index in [1.54, 1.807) is 21.3 Å². The van der Waals surface area contributed by atoms with Gasteiger partial charge in [0.25, 0.3) is 5.91 Å². The first-order valence-corrected chi connectivity index (χ1v) is 30.4. The molecule has 4 aliphatic rings. The molecule has 85 heavy (non-hydrogen) atoms. The van der Waals surface area contributed by atoms with Gasteiger partial charge in [0, 0.05) is 74.7 Å². The largest absolute Gasteiger partial charge is 0.497 e. The van der Waals surface area contributed by atoms with Crippen LogP contribution in [-0.2, 0) is 13.0 Å². The number of carbonyl (C=O) groups excluding carboxylic acids is 2. The minimum Gasteiger partial charge on any atom is -0.497 e. The number of ketones is 1. The molecular formula is C73H75N5O7. The van der Waals surface area contributed by atoms with E-state index in [0.29, 0.717) is 66.0 Å². The van der Waals surface area contributed by atoms with Gasteiger partial charge in [-0.3, -0.25) is 9.59 Å². The molecule has 0 saturated heterocycles. The topological polar surface area (TPSA) is 144 Å². The lowest BCUT2D eigenvalue weighted by atomic mass is 9.64. The van der Waals surface area contributed by atoms with Crippen molar-refractivity contribution in [1.29, 1.82) is 0 Å². The number of hydrogen-bond donors (Lipinski definition) is 1. The minimum absolute atomic E-state index is 0.0617. The van der Waals surface area contributed by atoms with Crippen LogP contribution in [0.3, 0.4) is 0 Å². The van der Waals surface area contributed by atoms with Crippen molar-refractivity contribution in [3.63, 3.8) is 0 Å². The molecular weight excluding hydrogens is 1060 g/mol. The number of carbonyl (C=O) groups is 2. The number of aromatic nitrogens is 4. The van der Waals surface area contributed by atoms with Crippen molar-refractivity contribution in [2.24, 2.45) is 23.7 Å². The normalized spacial score (nSPS) is 20.9. The number of ether oxygens (including phenoxy) is 5. The fourth-order valence-electron chi connectivity index (χ4n) is 14.8. The Labute approximate surface area is 497 Å². The summed E-state index contributed by atoms with van der Waals surface area (Å²) in [5, 5.41) is 7.35. The Morgan fingerprint density at radius 3 is 1.56 bits per heavy atom. The number of Topliss-reactive ketones (excluding diaryl/α,β-unsaturated/α-hetero) is 1. The van der Waals surface area contributed by atoms with E-state index in [0.717, 1.165) is 137 Å². The lowest BCUT2D eigenvalue weighted by molar-refractivity contribution is -0.0118. The van der Waals surface area contributed by atoms with Gasteiger partial charge in [-0.25, -0.2) is 19.9 Å². The van der Waals surface area contributed by atoms with Gasteiger partial charge in [-0.1, -0.05) is 87.4 Å². The quantitative estimate of drug-likeness (QED) is 0.0794. The molecule has 2 aromatic heterocycles. The van der Waals surface area contributed by atoms with Gasteiger partial charge >= 0.3 is 0 Å². The highest BCUT2D eigenvalue weighted by Crippen LogP contribution is 2.58. The predicted molar refractivity (Wildman–Crippen MR) is 338 cm³/mol. The van der Waals surface area contributed by atoms with Crippen molar-refractivity contribution >= 4 is 77.4 Å². The maximum absolute atomic E-state index is 13.4. The maximum atomic E-state index is 13.4. The molecule has 4 heterocycles. The average Bonchev–Trinajstić information content (AvgIpc) is 0.858. The minimum atomic E-state index is -0.258. The Bertz CT molecular complexity index is 4330. The SMILES string of the molecule is COc1ccc(CCC(=O)c2ccc3nc4c5c(c6ccccc6c4nc3c2)OC(C)(C)[C@@H]2CC[C@@H](C)C[C@@H]52)c(OC)c1.COc1ccc(CNC(=O)c2ccc3nc4c(nc3c2)c2c(c3ccccc34)OC(C)(C)[C@H]3CC[C@H](C)C[C@H]23)c(C)c1. The molecule has 6 atom stereocenters. The highest BCUT2D eigenvalue weighted by molar-refractivity contribution is 6.13. The lowest BCUT2D eigenvalue weighted by Gasteiger charge is -2.49. The molecule has 8 aromatic carbocycles. The molecule has 12 nitrogen and oxygen atoms in total. The average molecular weight is 1130 g/mol. The van der Waals surface area contributed by atoms with E-state index in [2.05, 4.69) is 89.3 Å². The van der Waals surface area contributed by atoms with Crippen LogP contribution in [0.4, 0.5) is 0 Å². The second kappa shape index (κ2) is 21.9. The smallest absolute Gasteiger partial charge is 0.251 e. The number of amides is 1. The second-order valence-corrected chi connectivity index (χ2v) is 25.6. The number of methoxy groups -OCH3 is 3. The van der Waals surface area contributed by atoms with E-state index < -0.39 is 0 Å². The maximum Gasteiger partial charge on any atom is 0.251 e. The van der Waals surface area contributed by atoms with Crippen molar-refractivity contribution in [3.05, 3.63) is 160 Å². The summed E-state index contributed by atoms with van der Waals surface area (Å²) in [5.74, 6) is 6.98. The standard InChI is InChI=1S/C37H38N2O4.C36H37N3O3/c1-21-10-15-28-27(18-21)33-35-34(25-8-6-7-9-26(25)36(33)43-37(28,2)3)39-30-19-23(12-16-29(30)38-35)31(40)17-13-22-11-14-24(41-4)20-32(22)42-5;1-20-10-14-28-27(16-20)31-33-32(25-8-6-7-9-26(25)34(31)42-36(28,3)4)38-29-15-12-22(18-30(29)39-33)35(40)37-19-23-11-13-24(41-5)17-21(23)2/h6-9,11-12,14,16,19-21,27-28H,10,13,15,17-18H2,1-5H3;6-9,11-13,15,17-18,20,27-28H,10,14,16,19H2,1-5H3,(H,37,40)/t21-,27-,28-;20-,27-,28-/m10/s1. The van der Waals surface area contributed by atoms with E-state index in [-0.39, 0.29) is 22.9 Å². The van der Waals surface area contributed by atoms with E-state index in [1.165, 1.54) is 24.0 Å². The highest BCUT2D eigenvalue weighted by Gasteiger charge is 2.49. The number of fused-ring (bicyclic) bond motifs is 18. The summed E-state index contributed by atoms with van der Waals surface area (Å²) in [7, 11) is 4.92. The van der Waals surface area contributed by atoms with Crippen LogP contribution in [-0.4, -0.2) is 64.2 Å². The zero-order chi connectivity index (χ0) is 59.1. The van der Waals surface area contributed by atoms with Gasteiger partial charge in [-0.2, -0.15) is 0 Å². The molecule has 2 fully saturated rings. The first-order valence-electron chi connectivity index (χ1n) is 30.4. The molecule has 0 radical (unpaired) electrons. The lowest BCUT2D eigenvalue weighted by Crippen LogP contribution is -2.46. The first kappa shape index (κ1) is 55.8. The van der Waals surface area contributed by atoms with Gasteiger partial charge < -0.3 is 29.0 Å². The van der Waals surface area contributed by atoms with E-state index >= 15 is 0 Å². The van der Waals surface area contributed by atoms with Crippen molar-refractivity contribution in [1.82, 2.24) is 25.3 Å². The molecule has 1 N–H and O–H groups in total. The van der Waals surface area contributed by atoms with Crippen molar-refractivity contribution < 1.29 is 33.3 Å². The molecule has 12 heteroatoms. The fraction of sp³-hybridized carbons (Fsp3) is 0.370. The van der Waals surface area contributed by atoms with Crippen molar-refractivity contribution in [2.75, 3.05) is 21.3 Å². The third-order valence-electron chi connectivity index (χ3n) is 19.4. The highest BCUT2D eigenvalue weighted by atomic mass is 16.5. The summed E-state index contributed by atoms with van der Waals surface area (Å²) in [6.07, 6.45) is 7.92. The van der Waals surface area contributed by atoms with E-state index in [1.807, 2.05) is 85.8 Å². The van der Waals surface area contributed by atoms with Crippen LogP contribution in [0.15, 0.2) is 121 Å². The number of nitrogens with one attached hydrogen (secondary N) is 1. The second-order valence-electron chi connectivity index (χ2n) is 25.6. The number of hydrogen-bond acceptors (Lipinski definition) is 11. The Kier molecular flexibility index (Phi) is 14.4. The zero-order valence-corrected chi connectivity index (χ0v) is 50.5. The van der Waals surface area contributed by atoms with Gasteiger partial charge in [0.1, 0.15) is 39.9 Å². The van der Waals surface area contributed by atoms with Crippen LogP contribution < -0.4 is 29.0 Å². The molecule has 2 aliphatic carbocycles. The molecule has 2 saturated carbocycles. The Hall–Kier alpha value is -8.38. The molecule has 14 rings (SSSR count). The fourth-order valence-corrected chi connectivity index (χ4v) is 14.8. The molecule has 0 spiro atoms. The Morgan fingerprint density at radius 1 is 0.541 bits per heavy atom. The first-order chi connectivity index (χ1) is 41.0. The Balaban J connectivity index is 0.000000158. The van der Waals surface area contributed by atoms with Crippen LogP contribution in [0.25, 0.3) is 65.7 Å². The van der Waals surface area contributed by atoms with Crippen molar-refractivity contribution in [3.8, 4) is 28.7 Å². The van der Waals surface area contributed by atoms with E-state index in [4.69, 9.17) is 43.6 Å². The van der Waals surface area contributed by atoms with Crippen LogP contribution in [0, 0.1) is 30.6 Å². The third kappa shape index (κ3) is 10.1. The number of benzene rings is 8.